The number of benzene rings is 2. The predicted octanol–water partition coefficient (Wildman–Crippen LogP) is 0.829. The highest BCUT2D eigenvalue weighted by atomic mass is 16.1. The maximum Gasteiger partial charge on any atom is 0.258 e. The Kier molecular flexibility index (Phi) is 5.48. The fraction of sp³-hybridized carbons (Fsp3) is 0.318. The second-order valence-electron chi connectivity index (χ2n) is 7.45. The van der Waals surface area contributed by atoms with Gasteiger partial charge in [0.15, 0.2) is 0 Å². The Labute approximate surface area is 163 Å². The van der Waals surface area contributed by atoms with Crippen molar-refractivity contribution in [1.29, 1.82) is 0 Å². The van der Waals surface area contributed by atoms with Crippen LogP contribution >= 0.6 is 0 Å². The van der Waals surface area contributed by atoms with Crippen LogP contribution in [0.25, 0.3) is 10.9 Å². The van der Waals surface area contributed by atoms with Gasteiger partial charge in [0.25, 0.3) is 5.56 Å². The third kappa shape index (κ3) is 4.46. The van der Waals surface area contributed by atoms with Crippen LogP contribution < -0.4 is 15.8 Å². The summed E-state index contributed by atoms with van der Waals surface area (Å²) in [6.45, 7) is 3.01. The molecule has 0 aliphatic carbocycles. The van der Waals surface area contributed by atoms with Crippen molar-refractivity contribution in [2.45, 2.75) is 31.8 Å². The molecule has 1 fully saturated rings. The van der Waals surface area contributed by atoms with E-state index in [9.17, 15) is 9.59 Å². The number of hydrogen-bond acceptors (Lipinski definition) is 3. The lowest BCUT2D eigenvalue weighted by Crippen LogP contribution is -3.09. The van der Waals surface area contributed by atoms with Crippen LogP contribution in [0.1, 0.15) is 24.2 Å². The van der Waals surface area contributed by atoms with E-state index in [2.05, 4.69) is 39.6 Å². The number of rotatable bonds is 6. The second-order valence-corrected chi connectivity index (χ2v) is 7.45. The van der Waals surface area contributed by atoms with Gasteiger partial charge in [-0.15, -0.1) is 0 Å². The van der Waals surface area contributed by atoms with Crippen LogP contribution in [0.4, 0.5) is 0 Å². The summed E-state index contributed by atoms with van der Waals surface area (Å²) >= 11 is 0. The third-order valence-corrected chi connectivity index (χ3v) is 5.29. The average Bonchev–Trinajstić information content (AvgIpc) is 3.14. The molecule has 1 unspecified atom stereocenters. The number of aryl methyl sites for hydroxylation is 1. The fourth-order valence-corrected chi connectivity index (χ4v) is 3.88. The van der Waals surface area contributed by atoms with Crippen molar-refractivity contribution in [2.75, 3.05) is 13.1 Å². The van der Waals surface area contributed by atoms with Crippen LogP contribution in [0, 0.1) is 0 Å². The number of hydrogen-bond donors (Lipinski definition) is 3. The van der Waals surface area contributed by atoms with Gasteiger partial charge in [0.2, 0.25) is 5.91 Å². The van der Waals surface area contributed by atoms with E-state index in [4.69, 9.17) is 0 Å². The molecule has 0 bridgehead atoms. The lowest BCUT2D eigenvalue weighted by Gasteiger charge is -2.14. The molecule has 2 atom stereocenters. The van der Waals surface area contributed by atoms with Crippen LogP contribution in [0.5, 0.6) is 0 Å². The highest BCUT2D eigenvalue weighted by molar-refractivity contribution is 5.78. The van der Waals surface area contributed by atoms with E-state index in [0.29, 0.717) is 29.6 Å². The lowest BCUT2D eigenvalue weighted by atomic mass is 10.2. The number of aromatic amines is 1. The summed E-state index contributed by atoms with van der Waals surface area (Å²) in [4.78, 5) is 33.2. The molecule has 0 spiro atoms. The summed E-state index contributed by atoms with van der Waals surface area (Å²) in [5.41, 5.74) is 1.84. The SMILES string of the molecule is O=C(CCc1nc2ccccc2c(=O)[nH]1)N[C@@H]1CC[NH+](Cc2ccccc2)C1. The molecule has 1 saturated heterocycles. The van der Waals surface area contributed by atoms with Crippen molar-refractivity contribution in [3.8, 4) is 0 Å². The molecule has 1 aliphatic rings. The number of fused-ring (bicyclic) bond motifs is 1. The maximum absolute atomic E-state index is 12.3. The van der Waals surface area contributed by atoms with Crippen molar-refractivity contribution in [1.82, 2.24) is 15.3 Å². The minimum Gasteiger partial charge on any atom is -0.347 e. The Bertz CT molecular complexity index is 1020. The van der Waals surface area contributed by atoms with Gasteiger partial charge in [0, 0.05) is 24.8 Å². The van der Waals surface area contributed by atoms with E-state index in [0.717, 1.165) is 26.1 Å². The summed E-state index contributed by atoms with van der Waals surface area (Å²) in [6.07, 6.45) is 1.75. The Balaban J connectivity index is 1.28. The first-order valence-corrected chi connectivity index (χ1v) is 9.82. The maximum atomic E-state index is 12.3. The predicted molar refractivity (Wildman–Crippen MR) is 108 cm³/mol. The van der Waals surface area contributed by atoms with Crippen LogP contribution in [0.3, 0.4) is 0 Å². The summed E-state index contributed by atoms with van der Waals surface area (Å²) in [7, 11) is 0. The molecule has 1 amide bonds. The average molecular weight is 377 g/mol. The second kappa shape index (κ2) is 8.35. The number of H-pyrrole nitrogens is 1. The first-order valence-electron chi connectivity index (χ1n) is 9.82. The molecule has 0 radical (unpaired) electrons. The monoisotopic (exact) mass is 377 g/mol. The molecule has 3 N–H and O–H groups in total. The fourth-order valence-electron chi connectivity index (χ4n) is 3.88. The molecule has 3 aromatic rings. The molecule has 0 saturated carbocycles. The number of likely N-dealkylation sites (tertiary alicyclic amines) is 1. The molecule has 1 aliphatic heterocycles. The van der Waals surface area contributed by atoms with Crippen molar-refractivity contribution >= 4 is 16.8 Å². The lowest BCUT2D eigenvalue weighted by molar-refractivity contribution is -0.901. The zero-order valence-electron chi connectivity index (χ0n) is 15.8. The van der Waals surface area contributed by atoms with Crippen LogP contribution in [0.2, 0.25) is 0 Å². The zero-order valence-corrected chi connectivity index (χ0v) is 15.8. The molecule has 1 aromatic heterocycles. The van der Waals surface area contributed by atoms with Crippen molar-refractivity contribution < 1.29 is 9.69 Å². The van der Waals surface area contributed by atoms with E-state index < -0.39 is 0 Å². The van der Waals surface area contributed by atoms with Gasteiger partial charge in [-0.2, -0.15) is 0 Å². The molecule has 6 heteroatoms. The van der Waals surface area contributed by atoms with Gasteiger partial charge in [-0.25, -0.2) is 4.98 Å². The summed E-state index contributed by atoms with van der Waals surface area (Å²) in [5, 5.41) is 3.71. The highest BCUT2D eigenvalue weighted by Gasteiger charge is 2.27. The van der Waals surface area contributed by atoms with Crippen LogP contribution in [-0.4, -0.2) is 35.0 Å². The van der Waals surface area contributed by atoms with E-state index in [1.165, 1.54) is 10.5 Å². The Morgan fingerprint density at radius 3 is 2.79 bits per heavy atom. The standard InChI is InChI=1S/C22H24N4O2/c27-21(11-10-20-24-19-9-5-4-8-18(19)22(28)25-20)23-17-12-13-26(15-17)14-16-6-2-1-3-7-16/h1-9,17H,10-15H2,(H,23,27)(H,24,25,28)/p+1/t17-/m1/s1. The number of amides is 1. The van der Waals surface area contributed by atoms with Gasteiger partial charge in [0.05, 0.1) is 30.0 Å². The quantitative estimate of drug-likeness (QED) is 0.595. The Morgan fingerprint density at radius 2 is 1.93 bits per heavy atom. The van der Waals surface area contributed by atoms with E-state index in [1.807, 2.05) is 24.3 Å². The molecule has 2 aromatic carbocycles. The number of nitrogens with one attached hydrogen (secondary N) is 3. The van der Waals surface area contributed by atoms with Crippen molar-refractivity contribution in [3.63, 3.8) is 0 Å². The highest BCUT2D eigenvalue weighted by Crippen LogP contribution is 2.07. The smallest absolute Gasteiger partial charge is 0.258 e. The first-order chi connectivity index (χ1) is 13.7. The molecule has 2 heterocycles. The van der Waals surface area contributed by atoms with Crippen LogP contribution in [-0.2, 0) is 17.8 Å². The van der Waals surface area contributed by atoms with Crippen molar-refractivity contribution in [3.05, 3.63) is 76.3 Å². The van der Waals surface area contributed by atoms with E-state index in [1.54, 1.807) is 6.07 Å². The zero-order chi connectivity index (χ0) is 19.3. The van der Waals surface area contributed by atoms with Gasteiger partial charge >= 0.3 is 0 Å². The number of para-hydroxylation sites is 1. The number of aromatic nitrogens is 2. The van der Waals surface area contributed by atoms with Gasteiger partial charge < -0.3 is 15.2 Å². The number of carbonyl (C=O) groups excluding carboxylic acids is 1. The normalized spacial score (nSPS) is 19.0. The van der Waals surface area contributed by atoms with Crippen LogP contribution in [0.15, 0.2) is 59.4 Å². The Morgan fingerprint density at radius 1 is 1.14 bits per heavy atom. The minimum atomic E-state index is -0.156. The molecule has 6 nitrogen and oxygen atoms in total. The number of carbonyl (C=O) groups is 1. The van der Waals surface area contributed by atoms with E-state index in [-0.39, 0.29) is 17.5 Å². The molecular formula is C22H25N4O2+. The Hall–Kier alpha value is -2.99. The number of quaternary nitrogens is 1. The molecule has 4 rings (SSSR count). The van der Waals surface area contributed by atoms with Gasteiger partial charge in [-0.3, -0.25) is 9.59 Å². The molecule has 144 valence electrons. The third-order valence-electron chi connectivity index (χ3n) is 5.29. The largest absolute Gasteiger partial charge is 0.347 e. The molecular weight excluding hydrogens is 352 g/mol. The molecule has 28 heavy (non-hydrogen) atoms. The summed E-state index contributed by atoms with van der Waals surface area (Å²) in [6, 6.07) is 17.9. The summed E-state index contributed by atoms with van der Waals surface area (Å²) < 4.78 is 0. The number of nitrogens with zero attached hydrogens (tertiary/aromatic N) is 1. The summed E-state index contributed by atoms with van der Waals surface area (Å²) in [5.74, 6) is 0.573. The van der Waals surface area contributed by atoms with Crippen molar-refractivity contribution in [2.24, 2.45) is 0 Å². The van der Waals surface area contributed by atoms with Gasteiger partial charge in [0.1, 0.15) is 12.4 Å². The first kappa shape index (κ1) is 18.4. The van der Waals surface area contributed by atoms with Gasteiger partial charge in [-0.1, -0.05) is 42.5 Å². The minimum absolute atomic E-state index is 0.0155. The van der Waals surface area contributed by atoms with Gasteiger partial charge in [-0.05, 0) is 12.1 Å². The topological polar surface area (TPSA) is 79.3 Å². The van der Waals surface area contributed by atoms with E-state index >= 15 is 0 Å².